The molecule has 0 atom stereocenters. The van der Waals surface area contributed by atoms with E-state index in [-0.39, 0.29) is 0 Å². The third-order valence-electron chi connectivity index (χ3n) is 3.52. The number of para-hydroxylation sites is 3. The van der Waals surface area contributed by atoms with Crippen LogP contribution >= 0.6 is 0 Å². The lowest BCUT2D eigenvalue weighted by molar-refractivity contribution is 0.192. The highest BCUT2D eigenvalue weighted by Gasteiger charge is 2.54. The van der Waals surface area contributed by atoms with Gasteiger partial charge >= 0.3 is 8.97 Å². The van der Waals surface area contributed by atoms with Gasteiger partial charge < -0.3 is 13.3 Å². The third-order valence-corrected chi connectivity index (χ3v) is 6.09. The molecular weight excluding hydrogens is 330 g/mol. The molecule has 3 aromatic carbocycles. The van der Waals surface area contributed by atoms with Crippen molar-refractivity contribution in [3.63, 3.8) is 0 Å². The molecule has 0 fully saturated rings. The highest BCUT2D eigenvalue weighted by Crippen LogP contribution is 2.24. The summed E-state index contributed by atoms with van der Waals surface area (Å²) in [5.41, 5.74) is 0. The molecule has 0 aromatic heterocycles. The van der Waals surface area contributed by atoms with Gasteiger partial charge in [-0.2, -0.15) is 0 Å². The van der Waals surface area contributed by atoms with E-state index in [0.29, 0.717) is 17.2 Å². The van der Waals surface area contributed by atoms with Crippen molar-refractivity contribution in [2.75, 3.05) is 14.1 Å². The van der Waals surface area contributed by atoms with Gasteiger partial charge in [-0.25, -0.2) is 4.57 Å². The molecule has 0 amide bonds. The number of hydrogen-bond donors (Lipinski definition) is 0. The van der Waals surface area contributed by atoms with Crippen LogP contribution in [0.5, 0.6) is 17.2 Å². The molecule has 0 spiro atoms. The average Bonchev–Trinajstić information content (AvgIpc) is 2.64. The molecule has 0 bridgehead atoms. The van der Waals surface area contributed by atoms with Crippen LogP contribution in [-0.2, 0) is 0 Å². The van der Waals surface area contributed by atoms with Gasteiger partial charge in [-0.1, -0.05) is 54.6 Å². The Kier molecular flexibility index (Phi) is 5.38. The number of nitrogens with zero attached hydrogens (tertiary/aromatic N) is 1. The summed E-state index contributed by atoms with van der Waals surface area (Å²) in [6.45, 7) is 0. The predicted octanol–water partition coefficient (Wildman–Crippen LogP) is 4.22. The van der Waals surface area contributed by atoms with E-state index < -0.39 is 8.97 Å². The van der Waals surface area contributed by atoms with Crippen molar-refractivity contribution in [2.24, 2.45) is 0 Å². The Morgan fingerprint density at radius 2 is 0.800 bits per heavy atom. The van der Waals surface area contributed by atoms with Crippen molar-refractivity contribution < 1.29 is 13.3 Å². The molecule has 0 aliphatic rings. The largest absolute Gasteiger partial charge is 0.806 e. The summed E-state index contributed by atoms with van der Waals surface area (Å²) in [6.07, 6.45) is 0. The Balaban J connectivity index is 1.97. The molecule has 3 rings (SSSR count). The van der Waals surface area contributed by atoms with Gasteiger partial charge in [0.1, 0.15) is 17.2 Å². The van der Waals surface area contributed by atoms with Gasteiger partial charge in [0.15, 0.2) is 0 Å². The van der Waals surface area contributed by atoms with Crippen molar-refractivity contribution in [1.29, 1.82) is 0 Å². The third kappa shape index (κ3) is 4.41. The first-order valence-corrected chi connectivity index (χ1v) is 9.75. The highest BCUT2D eigenvalue weighted by atomic mass is 28.4. The van der Waals surface area contributed by atoms with Gasteiger partial charge in [-0.3, -0.25) is 0 Å². The molecule has 4 nitrogen and oxygen atoms in total. The summed E-state index contributed by atoms with van der Waals surface area (Å²) in [5.74, 6) is 2.11. The molecular formula is C20H21NO3Si. The Morgan fingerprint density at radius 3 is 1.04 bits per heavy atom. The summed E-state index contributed by atoms with van der Waals surface area (Å²) in [6, 6.07) is 28.8. The maximum atomic E-state index is 6.29. The summed E-state index contributed by atoms with van der Waals surface area (Å²) in [4.78, 5) is 0. The molecule has 0 saturated heterocycles. The van der Waals surface area contributed by atoms with Crippen molar-refractivity contribution in [2.45, 2.75) is 0 Å². The summed E-state index contributed by atoms with van der Waals surface area (Å²) >= 11 is 0. The molecule has 0 heterocycles. The Bertz CT molecular complexity index is 665. The lowest BCUT2D eigenvalue weighted by Gasteiger charge is -2.33. The van der Waals surface area contributed by atoms with Crippen molar-refractivity contribution >= 4 is 8.97 Å². The van der Waals surface area contributed by atoms with Crippen LogP contribution in [0.25, 0.3) is 0 Å². The second-order valence-corrected chi connectivity index (χ2v) is 8.22. The topological polar surface area (TPSA) is 30.9 Å². The lowest BCUT2D eigenvalue weighted by atomic mass is 10.3. The fourth-order valence-electron chi connectivity index (χ4n) is 2.25. The Labute approximate surface area is 149 Å². The SMILES string of the molecule is CN(C)[Si](Oc1ccccc1)(Oc1ccccc1)Oc1ccccc1. The van der Waals surface area contributed by atoms with E-state index in [0.717, 1.165) is 0 Å². The Morgan fingerprint density at radius 1 is 0.520 bits per heavy atom. The summed E-state index contributed by atoms with van der Waals surface area (Å²) < 4.78 is 20.8. The van der Waals surface area contributed by atoms with Gasteiger partial charge in [-0.15, -0.1) is 0 Å². The van der Waals surface area contributed by atoms with E-state index >= 15 is 0 Å². The van der Waals surface area contributed by atoms with E-state index in [9.17, 15) is 0 Å². The Hall–Kier alpha value is -2.76. The van der Waals surface area contributed by atoms with Crippen LogP contribution in [0.15, 0.2) is 91.0 Å². The van der Waals surface area contributed by atoms with Gasteiger partial charge in [0, 0.05) is 0 Å². The smallest absolute Gasteiger partial charge is 0.471 e. The molecule has 0 aliphatic heterocycles. The summed E-state index contributed by atoms with van der Waals surface area (Å²) in [5, 5.41) is 0. The molecule has 0 aliphatic carbocycles. The van der Waals surface area contributed by atoms with Gasteiger partial charge in [-0.05, 0) is 50.5 Å². The van der Waals surface area contributed by atoms with E-state index in [1.165, 1.54) is 0 Å². The standard InChI is InChI=1S/C20H21NO3Si/c1-21(2)25(22-18-12-6-3-7-13-18,23-19-14-8-4-9-15-19)24-20-16-10-5-11-17-20/h3-17H,1-2H3. The zero-order valence-corrected chi connectivity index (χ0v) is 15.3. The van der Waals surface area contributed by atoms with Crippen molar-refractivity contribution in [3.8, 4) is 17.2 Å². The van der Waals surface area contributed by atoms with E-state index in [1.807, 2.05) is 110 Å². The second-order valence-electron chi connectivity index (χ2n) is 5.66. The first kappa shape index (κ1) is 17.1. The fraction of sp³-hybridized carbons (Fsp3) is 0.100. The van der Waals surface area contributed by atoms with Crippen LogP contribution in [-0.4, -0.2) is 27.6 Å². The minimum Gasteiger partial charge on any atom is -0.471 e. The fourth-order valence-corrected chi connectivity index (χ4v) is 4.22. The first-order chi connectivity index (χ1) is 12.2. The molecule has 5 heteroatoms. The minimum atomic E-state index is -3.26. The molecule has 3 aromatic rings. The second kappa shape index (κ2) is 7.87. The first-order valence-electron chi connectivity index (χ1n) is 8.07. The zero-order valence-electron chi connectivity index (χ0n) is 14.3. The van der Waals surface area contributed by atoms with Crippen LogP contribution in [0.3, 0.4) is 0 Å². The lowest BCUT2D eigenvalue weighted by Crippen LogP contribution is -2.65. The molecule has 0 saturated carbocycles. The average molecular weight is 351 g/mol. The monoisotopic (exact) mass is 351 g/mol. The molecule has 25 heavy (non-hydrogen) atoms. The van der Waals surface area contributed by atoms with Gasteiger partial charge in [0.2, 0.25) is 0 Å². The highest BCUT2D eigenvalue weighted by molar-refractivity contribution is 6.60. The maximum Gasteiger partial charge on any atom is 0.806 e. The van der Waals surface area contributed by atoms with Gasteiger partial charge in [0.25, 0.3) is 0 Å². The van der Waals surface area contributed by atoms with E-state index in [2.05, 4.69) is 0 Å². The normalized spacial score (nSPS) is 11.2. The van der Waals surface area contributed by atoms with Crippen LogP contribution in [0, 0.1) is 0 Å². The van der Waals surface area contributed by atoms with Crippen LogP contribution in [0.1, 0.15) is 0 Å². The summed E-state index contributed by atoms with van der Waals surface area (Å²) in [7, 11) is 0.546. The maximum absolute atomic E-state index is 6.29. The molecule has 0 unspecified atom stereocenters. The van der Waals surface area contributed by atoms with E-state index in [4.69, 9.17) is 13.3 Å². The molecule has 0 N–H and O–H groups in total. The zero-order chi connectivity index (χ0) is 17.5. The predicted molar refractivity (Wildman–Crippen MR) is 101 cm³/mol. The van der Waals surface area contributed by atoms with Crippen molar-refractivity contribution in [3.05, 3.63) is 91.0 Å². The molecule has 128 valence electrons. The minimum absolute atomic E-state index is 0.703. The van der Waals surface area contributed by atoms with Gasteiger partial charge in [0.05, 0.1) is 0 Å². The number of rotatable bonds is 7. The van der Waals surface area contributed by atoms with E-state index in [1.54, 1.807) is 0 Å². The quantitative estimate of drug-likeness (QED) is 0.596. The number of hydrogen-bond acceptors (Lipinski definition) is 4. The van der Waals surface area contributed by atoms with Crippen molar-refractivity contribution in [1.82, 2.24) is 4.57 Å². The molecule has 0 radical (unpaired) electrons. The van der Waals surface area contributed by atoms with Crippen LogP contribution < -0.4 is 13.3 Å². The van der Waals surface area contributed by atoms with Crippen LogP contribution in [0.2, 0.25) is 0 Å². The number of benzene rings is 3. The van der Waals surface area contributed by atoms with Crippen LogP contribution in [0.4, 0.5) is 0 Å².